The summed E-state index contributed by atoms with van der Waals surface area (Å²) in [7, 11) is 3.47. The molecule has 0 unspecified atom stereocenters. The van der Waals surface area contributed by atoms with E-state index in [1.165, 1.54) is 0 Å². The molecule has 1 heterocycles. The molecule has 0 saturated carbocycles. The van der Waals surface area contributed by atoms with Gasteiger partial charge in [-0.15, -0.1) is 0 Å². The van der Waals surface area contributed by atoms with Gasteiger partial charge in [-0.25, -0.2) is 9.97 Å². The summed E-state index contributed by atoms with van der Waals surface area (Å²) in [6.45, 7) is 0. The van der Waals surface area contributed by atoms with Crippen LogP contribution < -0.4 is 0 Å². The van der Waals surface area contributed by atoms with E-state index in [9.17, 15) is 4.79 Å². The first-order valence-corrected chi connectivity index (χ1v) is 5.27. The van der Waals surface area contributed by atoms with Crippen molar-refractivity contribution in [3.05, 3.63) is 48.3 Å². The van der Waals surface area contributed by atoms with Crippen molar-refractivity contribution in [2.24, 2.45) is 0 Å². The minimum absolute atomic E-state index is 0.00877. The molecule has 0 saturated heterocycles. The number of carbonyl (C=O) groups is 1. The molecular formula is C13H13N3O. The molecule has 0 aliphatic heterocycles. The Morgan fingerprint density at radius 1 is 1.06 bits per heavy atom. The van der Waals surface area contributed by atoms with Crippen molar-refractivity contribution in [3.63, 3.8) is 0 Å². The first kappa shape index (κ1) is 11.3. The molecule has 2 aromatic rings. The minimum atomic E-state index is -0.00877. The Bertz CT molecular complexity index is 506. The molecule has 4 heteroatoms. The van der Waals surface area contributed by atoms with Crippen molar-refractivity contribution in [2.45, 2.75) is 0 Å². The quantitative estimate of drug-likeness (QED) is 0.786. The van der Waals surface area contributed by atoms with Gasteiger partial charge >= 0.3 is 0 Å². The highest BCUT2D eigenvalue weighted by Gasteiger charge is 2.08. The van der Waals surface area contributed by atoms with Gasteiger partial charge in [0.1, 0.15) is 0 Å². The molecule has 0 N–H and O–H groups in total. The molecule has 86 valence electrons. The average Bonchev–Trinajstić information content (AvgIpc) is 2.39. The van der Waals surface area contributed by atoms with E-state index in [0.717, 1.165) is 5.56 Å². The molecule has 0 radical (unpaired) electrons. The lowest BCUT2D eigenvalue weighted by atomic mass is 10.1. The fraction of sp³-hybridized carbons (Fsp3) is 0.154. The van der Waals surface area contributed by atoms with Crippen LogP contribution in [0.1, 0.15) is 10.4 Å². The molecule has 0 spiro atoms. The maximum atomic E-state index is 11.7. The molecule has 1 aromatic heterocycles. The lowest BCUT2D eigenvalue weighted by Gasteiger charge is -2.10. The second-order valence-corrected chi connectivity index (χ2v) is 3.85. The number of rotatable bonds is 2. The SMILES string of the molecule is CN(C)C(=O)c1ccc(-c2ncccn2)cc1. The van der Waals surface area contributed by atoms with Crippen molar-refractivity contribution in [3.8, 4) is 11.4 Å². The van der Waals surface area contributed by atoms with Crippen molar-refractivity contribution < 1.29 is 4.79 Å². The van der Waals surface area contributed by atoms with E-state index in [4.69, 9.17) is 0 Å². The zero-order valence-corrected chi connectivity index (χ0v) is 9.79. The van der Waals surface area contributed by atoms with Crippen LogP contribution in [0.5, 0.6) is 0 Å². The van der Waals surface area contributed by atoms with Gasteiger partial charge in [0.05, 0.1) is 0 Å². The summed E-state index contributed by atoms with van der Waals surface area (Å²) >= 11 is 0. The zero-order chi connectivity index (χ0) is 12.3. The van der Waals surface area contributed by atoms with Crippen LogP contribution in [-0.2, 0) is 0 Å². The number of carbonyl (C=O) groups excluding carboxylic acids is 1. The fourth-order valence-corrected chi connectivity index (χ4v) is 1.47. The molecule has 1 amide bonds. The Hall–Kier alpha value is -2.23. The number of aromatic nitrogens is 2. The van der Waals surface area contributed by atoms with Crippen molar-refractivity contribution >= 4 is 5.91 Å². The van der Waals surface area contributed by atoms with Gasteiger partial charge < -0.3 is 4.90 Å². The van der Waals surface area contributed by atoms with Gasteiger partial charge in [0.15, 0.2) is 5.82 Å². The van der Waals surface area contributed by atoms with Crippen LogP contribution in [0.3, 0.4) is 0 Å². The van der Waals surface area contributed by atoms with Crippen LogP contribution in [0.25, 0.3) is 11.4 Å². The van der Waals surface area contributed by atoms with Gasteiger partial charge in [-0.3, -0.25) is 4.79 Å². The van der Waals surface area contributed by atoms with Gasteiger partial charge in [-0.05, 0) is 18.2 Å². The largest absolute Gasteiger partial charge is 0.345 e. The molecule has 0 atom stereocenters. The van der Waals surface area contributed by atoms with E-state index in [0.29, 0.717) is 11.4 Å². The third-order valence-electron chi connectivity index (χ3n) is 2.36. The van der Waals surface area contributed by atoms with Crippen LogP contribution in [0, 0.1) is 0 Å². The molecule has 4 nitrogen and oxygen atoms in total. The van der Waals surface area contributed by atoms with Crippen LogP contribution in [0.15, 0.2) is 42.7 Å². The second kappa shape index (κ2) is 4.74. The maximum Gasteiger partial charge on any atom is 0.253 e. The molecule has 0 bridgehead atoms. The summed E-state index contributed by atoms with van der Waals surface area (Å²) < 4.78 is 0. The van der Waals surface area contributed by atoms with Crippen LogP contribution in [0.2, 0.25) is 0 Å². The first-order valence-electron chi connectivity index (χ1n) is 5.27. The molecule has 0 aliphatic carbocycles. The second-order valence-electron chi connectivity index (χ2n) is 3.85. The van der Waals surface area contributed by atoms with Gasteiger partial charge in [0.25, 0.3) is 5.91 Å². The smallest absolute Gasteiger partial charge is 0.253 e. The highest BCUT2D eigenvalue weighted by atomic mass is 16.2. The minimum Gasteiger partial charge on any atom is -0.345 e. The molecular weight excluding hydrogens is 214 g/mol. The van der Waals surface area contributed by atoms with Gasteiger partial charge in [-0.2, -0.15) is 0 Å². The van der Waals surface area contributed by atoms with Crippen molar-refractivity contribution in [1.82, 2.24) is 14.9 Å². The number of benzene rings is 1. The molecule has 0 aliphatic rings. The van der Waals surface area contributed by atoms with Gasteiger partial charge in [0.2, 0.25) is 0 Å². The summed E-state index contributed by atoms with van der Waals surface area (Å²) in [5, 5.41) is 0. The van der Waals surface area contributed by atoms with Crippen LogP contribution in [0.4, 0.5) is 0 Å². The van der Waals surface area contributed by atoms with Crippen LogP contribution >= 0.6 is 0 Å². The summed E-state index contributed by atoms with van der Waals surface area (Å²) in [4.78, 5) is 21.5. The fourth-order valence-electron chi connectivity index (χ4n) is 1.47. The molecule has 2 rings (SSSR count). The zero-order valence-electron chi connectivity index (χ0n) is 9.79. The Labute approximate surface area is 99.9 Å². The number of amides is 1. The molecule has 0 fully saturated rings. The summed E-state index contributed by atoms with van der Waals surface area (Å²) in [5.41, 5.74) is 1.57. The highest BCUT2D eigenvalue weighted by molar-refractivity contribution is 5.94. The molecule has 1 aromatic carbocycles. The monoisotopic (exact) mass is 227 g/mol. The maximum absolute atomic E-state index is 11.7. The average molecular weight is 227 g/mol. The molecule has 17 heavy (non-hydrogen) atoms. The third kappa shape index (κ3) is 2.47. The van der Waals surface area contributed by atoms with E-state index < -0.39 is 0 Å². The van der Waals surface area contributed by atoms with Gasteiger partial charge in [-0.1, -0.05) is 12.1 Å². The Morgan fingerprint density at radius 2 is 1.65 bits per heavy atom. The number of nitrogens with zero attached hydrogens (tertiary/aromatic N) is 3. The lowest BCUT2D eigenvalue weighted by Crippen LogP contribution is -2.21. The van der Waals surface area contributed by atoms with Crippen LogP contribution in [-0.4, -0.2) is 34.9 Å². The van der Waals surface area contributed by atoms with Crippen molar-refractivity contribution in [2.75, 3.05) is 14.1 Å². The predicted molar refractivity (Wildman–Crippen MR) is 65.5 cm³/mol. The predicted octanol–water partition coefficient (Wildman–Crippen LogP) is 1.85. The Balaban J connectivity index is 2.28. The van der Waals surface area contributed by atoms with Gasteiger partial charge in [0, 0.05) is 37.6 Å². The number of hydrogen-bond donors (Lipinski definition) is 0. The first-order chi connectivity index (χ1) is 8.18. The lowest BCUT2D eigenvalue weighted by molar-refractivity contribution is 0.0827. The normalized spacial score (nSPS) is 10.0. The topological polar surface area (TPSA) is 46.1 Å². The Morgan fingerprint density at radius 3 is 2.18 bits per heavy atom. The van der Waals surface area contributed by atoms with E-state index in [-0.39, 0.29) is 5.91 Å². The van der Waals surface area contributed by atoms with E-state index in [1.807, 2.05) is 12.1 Å². The standard InChI is InChI=1S/C13H13N3O/c1-16(2)13(17)11-6-4-10(5-7-11)12-14-8-3-9-15-12/h3-9H,1-2H3. The highest BCUT2D eigenvalue weighted by Crippen LogP contribution is 2.15. The Kier molecular flexibility index (Phi) is 3.14. The van der Waals surface area contributed by atoms with E-state index in [2.05, 4.69) is 9.97 Å². The summed E-state index contributed by atoms with van der Waals surface area (Å²) in [5.74, 6) is 0.655. The summed E-state index contributed by atoms with van der Waals surface area (Å²) in [6, 6.07) is 9.05. The third-order valence-corrected chi connectivity index (χ3v) is 2.36. The van der Waals surface area contributed by atoms with E-state index >= 15 is 0 Å². The summed E-state index contributed by atoms with van der Waals surface area (Å²) in [6.07, 6.45) is 3.39. The van der Waals surface area contributed by atoms with E-state index in [1.54, 1.807) is 49.6 Å². The van der Waals surface area contributed by atoms with Crippen molar-refractivity contribution in [1.29, 1.82) is 0 Å². The number of hydrogen-bond acceptors (Lipinski definition) is 3.